The Hall–Kier alpha value is -2.90. The number of hydrogen-bond acceptors (Lipinski definition) is 9. The summed E-state index contributed by atoms with van der Waals surface area (Å²) in [6, 6.07) is 4.40. The van der Waals surface area contributed by atoms with Gasteiger partial charge in [-0.25, -0.2) is 0 Å². The fourth-order valence-corrected chi connectivity index (χ4v) is 3.75. The largest absolute Gasteiger partial charge is 0.378 e. The minimum absolute atomic E-state index is 0.139. The van der Waals surface area contributed by atoms with Crippen molar-refractivity contribution in [1.82, 2.24) is 15.5 Å². The predicted molar refractivity (Wildman–Crippen MR) is 137 cm³/mol. The van der Waals surface area contributed by atoms with Crippen LogP contribution in [0.4, 0.5) is 5.69 Å². The fourth-order valence-electron chi connectivity index (χ4n) is 3.75. The van der Waals surface area contributed by atoms with Gasteiger partial charge < -0.3 is 45.6 Å². The van der Waals surface area contributed by atoms with Gasteiger partial charge in [0.2, 0.25) is 11.8 Å². The number of ether oxygens (including phenoxy) is 3. The second-order valence-corrected chi connectivity index (χ2v) is 8.35. The molecule has 1 aliphatic heterocycles. The molecule has 1 heterocycles. The van der Waals surface area contributed by atoms with Crippen molar-refractivity contribution in [1.29, 1.82) is 0 Å². The van der Waals surface area contributed by atoms with Gasteiger partial charge in [-0.1, -0.05) is 6.07 Å². The van der Waals surface area contributed by atoms with E-state index >= 15 is 0 Å². The zero-order chi connectivity index (χ0) is 26.9. The van der Waals surface area contributed by atoms with Crippen molar-refractivity contribution in [3.8, 4) is 0 Å². The van der Waals surface area contributed by atoms with Crippen molar-refractivity contribution in [2.24, 2.45) is 5.73 Å². The number of amides is 3. The topological polar surface area (TPSA) is 161 Å². The Labute approximate surface area is 217 Å². The Morgan fingerprint density at radius 3 is 2.41 bits per heavy atom. The van der Waals surface area contributed by atoms with Gasteiger partial charge in [0.25, 0.3) is 5.91 Å². The summed E-state index contributed by atoms with van der Waals surface area (Å²) >= 11 is 0. The molecule has 0 aliphatic carbocycles. The molecule has 3 amide bonds. The minimum Gasteiger partial charge on any atom is -0.378 e. The molecular weight excluding hydrogens is 482 g/mol. The quantitative estimate of drug-likeness (QED) is 0.133. The molecule has 0 fully saturated rings. The molecule has 12 heteroatoms. The highest BCUT2D eigenvalue weighted by molar-refractivity contribution is 6.03. The first kappa shape index (κ1) is 30.3. The van der Waals surface area contributed by atoms with E-state index in [1.54, 1.807) is 18.2 Å². The van der Waals surface area contributed by atoms with Crippen LogP contribution in [0.2, 0.25) is 0 Å². The number of aldehydes is 1. The van der Waals surface area contributed by atoms with E-state index in [4.69, 9.17) is 19.9 Å². The molecule has 0 radical (unpaired) electrons. The Bertz CT molecular complexity index is 883. The predicted octanol–water partition coefficient (Wildman–Crippen LogP) is -0.337. The lowest BCUT2D eigenvalue weighted by atomic mass is 10.1. The van der Waals surface area contributed by atoms with Crippen molar-refractivity contribution < 1.29 is 33.4 Å². The molecule has 0 spiro atoms. The molecule has 37 heavy (non-hydrogen) atoms. The van der Waals surface area contributed by atoms with E-state index in [1.165, 1.54) is 11.9 Å². The zero-order valence-corrected chi connectivity index (χ0v) is 21.5. The van der Waals surface area contributed by atoms with Crippen LogP contribution in [0.25, 0.3) is 0 Å². The Balaban J connectivity index is 1.67. The zero-order valence-electron chi connectivity index (χ0n) is 21.5. The number of fused-ring (bicyclic) bond motifs is 1. The Kier molecular flexibility index (Phi) is 14.4. The number of hydrogen-bond donors (Lipinski definition) is 4. The first-order valence-corrected chi connectivity index (χ1v) is 12.5. The highest BCUT2D eigenvalue weighted by Gasteiger charge is 2.34. The number of nitrogens with zero attached hydrogens (tertiary/aromatic N) is 1. The number of rotatable bonds is 20. The van der Waals surface area contributed by atoms with E-state index in [-0.39, 0.29) is 43.5 Å². The second-order valence-electron chi connectivity index (χ2n) is 8.35. The summed E-state index contributed by atoms with van der Waals surface area (Å²) in [4.78, 5) is 50.0. The smallest absolute Gasteiger partial charge is 0.255 e. The first-order valence-electron chi connectivity index (χ1n) is 12.5. The third-order valence-electron chi connectivity index (χ3n) is 5.73. The molecule has 1 aromatic carbocycles. The van der Waals surface area contributed by atoms with Crippen LogP contribution >= 0.6 is 0 Å². The van der Waals surface area contributed by atoms with E-state index in [1.807, 2.05) is 0 Å². The van der Waals surface area contributed by atoms with Crippen LogP contribution in [0, 0.1) is 0 Å². The van der Waals surface area contributed by atoms with Gasteiger partial charge in [-0.15, -0.1) is 0 Å². The average molecular weight is 522 g/mol. The molecule has 5 N–H and O–H groups in total. The van der Waals surface area contributed by atoms with E-state index in [0.29, 0.717) is 82.4 Å². The third-order valence-corrected chi connectivity index (χ3v) is 5.73. The van der Waals surface area contributed by atoms with Crippen LogP contribution in [0.15, 0.2) is 18.2 Å². The van der Waals surface area contributed by atoms with Crippen molar-refractivity contribution in [3.63, 3.8) is 0 Å². The maximum atomic E-state index is 12.9. The number of nitrogens with one attached hydrogen (secondary N) is 3. The number of carbonyl (C=O) groups is 4. The van der Waals surface area contributed by atoms with Crippen LogP contribution in [-0.4, -0.2) is 101 Å². The molecule has 1 atom stereocenters. The molecule has 12 nitrogen and oxygen atoms in total. The molecular formula is C25H39N5O7. The average Bonchev–Trinajstić information content (AvgIpc) is 3.24. The van der Waals surface area contributed by atoms with E-state index in [0.717, 1.165) is 0 Å². The van der Waals surface area contributed by atoms with Gasteiger partial charge >= 0.3 is 0 Å². The van der Waals surface area contributed by atoms with Crippen molar-refractivity contribution in [3.05, 3.63) is 29.3 Å². The minimum atomic E-state index is -0.714. The van der Waals surface area contributed by atoms with Crippen molar-refractivity contribution >= 4 is 29.7 Å². The number of nitrogens with two attached hydrogens (primary N) is 1. The van der Waals surface area contributed by atoms with Gasteiger partial charge in [-0.05, 0) is 18.6 Å². The van der Waals surface area contributed by atoms with E-state index < -0.39 is 6.04 Å². The molecule has 2 rings (SSSR count). The van der Waals surface area contributed by atoms with Crippen LogP contribution in [0.3, 0.4) is 0 Å². The lowest BCUT2D eigenvalue weighted by molar-refractivity contribution is -0.121. The molecule has 1 aromatic rings. The van der Waals surface area contributed by atoms with Gasteiger partial charge in [0.05, 0.1) is 45.7 Å². The first-order chi connectivity index (χ1) is 18.0. The van der Waals surface area contributed by atoms with Crippen LogP contribution in [0.5, 0.6) is 0 Å². The van der Waals surface area contributed by atoms with Gasteiger partial charge in [0.15, 0.2) is 0 Å². The summed E-state index contributed by atoms with van der Waals surface area (Å²) < 4.78 is 16.0. The van der Waals surface area contributed by atoms with Gasteiger partial charge in [-0.3, -0.25) is 14.4 Å². The van der Waals surface area contributed by atoms with Crippen LogP contribution in [-0.2, 0) is 35.1 Å². The summed E-state index contributed by atoms with van der Waals surface area (Å²) in [6.45, 7) is 4.76. The van der Waals surface area contributed by atoms with Gasteiger partial charge in [-0.2, -0.15) is 0 Å². The number of anilines is 1. The summed E-state index contributed by atoms with van der Waals surface area (Å²) in [5.74, 6) is -0.671. The van der Waals surface area contributed by atoms with Crippen LogP contribution in [0.1, 0.15) is 35.2 Å². The molecule has 0 saturated carbocycles. The molecule has 1 aliphatic rings. The van der Waals surface area contributed by atoms with Gasteiger partial charge in [0.1, 0.15) is 6.29 Å². The van der Waals surface area contributed by atoms with E-state index in [9.17, 15) is 19.2 Å². The highest BCUT2D eigenvalue weighted by atomic mass is 16.5. The lowest BCUT2D eigenvalue weighted by Crippen LogP contribution is -2.37. The molecule has 0 aromatic heterocycles. The van der Waals surface area contributed by atoms with Gasteiger partial charge in [0, 0.05) is 62.9 Å². The Morgan fingerprint density at radius 2 is 1.73 bits per heavy atom. The Morgan fingerprint density at radius 1 is 1.03 bits per heavy atom. The normalized spacial score (nSPS) is 13.4. The van der Waals surface area contributed by atoms with Crippen molar-refractivity contribution in [2.75, 3.05) is 71.6 Å². The molecule has 1 unspecified atom stereocenters. The van der Waals surface area contributed by atoms with Crippen molar-refractivity contribution in [2.45, 2.75) is 31.8 Å². The monoisotopic (exact) mass is 521 g/mol. The SMILES string of the molecule is CNC(=O)CCC(C=O)N1Cc2c(NC(=O)CCNCCOCCOCCOCCN)cccc2C1=O. The second kappa shape index (κ2) is 17.5. The third kappa shape index (κ3) is 10.5. The summed E-state index contributed by atoms with van der Waals surface area (Å²) in [7, 11) is 1.52. The summed E-state index contributed by atoms with van der Waals surface area (Å²) in [5.41, 5.74) is 6.99. The molecule has 0 saturated heterocycles. The number of benzene rings is 1. The maximum absolute atomic E-state index is 12.9. The molecule has 0 bridgehead atoms. The van der Waals surface area contributed by atoms with Crippen LogP contribution < -0.4 is 21.7 Å². The maximum Gasteiger partial charge on any atom is 0.255 e. The number of carbonyl (C=O) groups excluding carboxylic acids is 4. The summed E-state index contributed by atoms with van der Waals surface area (Å²) in [6.07, 6.45) is 1.31. The lowest BCUT2D eigenvalue weighted by Gasteiger charge is -2.22. The standard InChI is InChI=1S/C25H39N5O7/c1-27-23(32)6-5-19(18-31)30-17-21-20(25(30)34)3-2-4-22(21)29-24(33)7-9-28-10-12-36-14-16-37-15-13-35-11-8-26/h2-4,18-19,28H,5-17,26H2,1H3,(H,27,32)(H,29,33). The van der Waals surface area contributed by atoms with E-state index in [2.05, 4.69) is 16.0 Å². The highest BCUT2D eigenvalue weighted by Crippen LogP contribution is 2.31. The fraction of sp³-hybridized carbons (Fsp3) is 0.600. The molecule has 206 valence electrons. The summed E-state index contributed by atoms with van der Waals surface area (Å²) in [5, 5.41) is 8.53.